The van der Waals surface area contributed by atoms with Gasteiger partial charge in [0.15, 0.2) is 0 Å². The third kappa shape index (κ3) is 9.96. The van der Waals surface area contributed by atoms with Gasteiger partial charge in [0, 0.05) is 42.6 Å². The molecule has 0 bridgehead atoms. The van der Waals surface area contributed by atoms with Crippen LogP contribution in [0.4, 0.5) is 33.3 Å². The van der Waals surface area contributed by atoms with Crippen LogP contribution in [0.2, 0.25) is 0 Å². The maximum Gasteiger partial charge on any atom is 0.393 e. The molecule has 3 aliphatic rings. The highest BCUT2D eigenvalue weighted by Crippen LogP contribution is 2.43. The molecular formula is C38H42F5N5O6S. The number of likely N-dealkylation sites (tertiary alicyclic amines) is 1. The zero-order valence-corrected chi connectivity index (χ0v) is 30.8. The van der Waals surface area contributed by atoms with Crippen molar-refractivity contribution in [3.05, 3.63) is 52.4 Å². The van der Waals surface area contributed by atoms with E-state index < -0.39 is 48.8 Å². The summed E-state index contributed by atoms with van der Waals surface area (Å²) in [6, 6.07) is 8.38. The van der Waals surface area contributed by atoms with Crippen molar-refractivity contribution in [2.24, 2.45) is 11.1 Å². The average Bonchev–Trinajstić information content (AvgIpc) is 3.44. The highest BCUT2D eigenvalue weighted by Gasteiger charge is 2.50. The molecule has 1 aromatic heterocycles. The molecule has 3 fully saturated rings. The largest absolute Gasteiger partial charge is 0.467 e. The SMILES string of the molecule is COC(=O)C(CCC(N)=O)NC(=O)c1ccc(NCC#Cc2sc3c(NC4CCC(N5CC6(COC6)C5)CC4)cccc3c2CC(F)(F)F)c(OC(F)F)c1. The number of nitrogens with two attached hydrogens (primary N) is 1. The maximum absolute atomic E-state index is 13.8. The quantitative estimate of drug-likeness (QED) is 0.0924. The molecule has 2 aromatic carbocycles. The molecule has 2 saturated heterocycles. The number of hydrogen-bond donors (Lipinski definition) is 4. The second-order valence-corrected chi connectivity index (χ2v) is 15.3. The normalized spacial score (nSPS) is 19.8. The van der Waals surface area contributed by atoms with E-state index in [0.717, 1.165) is 70.9 Å². The number of alkyl halides is 5. The van der Waals surface area contributed by atoms with E-state index in [1.165, 1.54) is 23.5 Å². The van der Waals surface area contributed by atoms with Crippen LogP contribution in [0.15, 0.2) is 36.4 Å². The summed E-state index contributed by atoms with van der Waals surface area (Å²) in [5, 5.41) is 9.28. The van der Waals surface area contributed by atoms with Crippen molar-refractivity contribution < 1.29 is 50.5 Å². The van der Waals surface area contributed by atoms with Gasteiger partial charge in [0.25, 0.3) is 5.91 Å². The first-order valence-corrected chi connectivity index (χ1v) is 18.7. The molecule has 55 heavy (non-hydrogen) atoms. The number of carbonyl (C=O) groups excluding carboxylic acids is 3. The Kier molecular flexibility index (Phi) is 12.4. The number of halogens is 5. The van der Waals surface area contributed by atoms with Crippen LogP contribution in [0.5, 0.6) is 5.75 Å². The van der Waals surface area contributed by atoms with Gasteiger partial charge in [-0.2, -0.15) is 22.0 Å². The van der Waals surface area contributed by atoms with Crippen molar-refractivity contribution in [3.63, 3.8) is 0 Å². The number of nitrogens with zero attached hydrogens (tertiary/aromatic N) is 1. The van der Waals surface area contributed by atoms with Gasteiger partial charge in [-0.3, -0.25) is 14.5 Å². The van der Waals surface area contributed by atoms with Gasteiger partial charge in [0.05, 0.1) is 54.2 Å². The number of anilines is 2. The smallest absolute Gasteiger partial charge is 0.393 e. The number of primary amides is 1. The van der Waals surface area contributed by atoms with Gasteiger partial charge in [-0.05, 0) is 67.3 Å². The third-order valence-corrected chi connectivity index (χ3v) is 11.4. The summed E-state index contributed by atoms with van der Waals surface area (Å²) in [5.74, 6) is 2.87. The summed E-state index contributed by atoms with van der Waals surface area (Å²) in [5.41, 5.74) is 6.22. The van der Waals surface area contributed by atoms with Gasteiger partial charge >= 0.3 is 18.8 Å². The molecule has 1 spiro atoms. The van der Waals surface area contributed by atoms with E-state index in [4.69, 9.17) is 10.5 Å². The van der Waals surface area contributed by atoms with Crippen LogP contribution in [0, 0.1) is 17.3 Å². The molecule has 5 N–H and O–H groups in total. The molecule has 1 aliphatic carbocycles. The fourth-order valence-electron chi connectivity index (χ4n) is 7.40. The Morgan fingerprint density at radius 2 is 1.84 bits per heavy atom. The van der Waals surface area contributed by atoms with E-state index in [2.05, 4.69) is 42.2 Å². The van der Waals surface area contributed by atoms with Crippen LogP contribution in [-0.4, -0.2) is 93.6 Å². The zero-order chi connectivity index (χ0) is 39.3. The molecule has 11 nitrogen and oxygen atoms in total. The lowest BCUT2D eigenvalue weighted by Gasteiger charge is -2.58. The number of rotatable bonds is 14. The first-order chi connectivity index (χ1) is 26.2. The van der Waals surface area contributed by atoms with Crippen LogP contribution in [0.3, 0.4) is 0 Å². The lowest BCUT2D eigenvalue weighted by atomic mass is 9.75. The molecule has 3 aromatic rings. The van der Waals surface area contributed by atoms with E-state index in [1.54, 1.807) is 12.1 Å². The van der Waals surface area contributed by atoms with Crippen LogP contribution < -0.4 is 26.4 Å². The number of esters is 1. The second-order valence-electron chi connectivity index (χ2n) is 14.2. The van der Waals surface area contributed by atoms with Crippen molar-refractivity contribution >= 4 is 50.6 Å². The number of thiophene rings is 1. The number of ether oxygens (including phenoxy) is 3. The first kappa shape index (κ1) is 40.0. The summed E-state index contributed by atoms with van der Waals surface area (Å²) < 4.78 is 83.6. The van der Waals surface area contributed by atoms with Gasteiger partial charge in [-0.25, -0.2) is 4.79 Å². The lowest BCUT2D eigenvalue weighted by Crippen LogP contribution is -2.68. The summed E-state index contributed by atoms with van der Waals surface area (Å²) in [4.78, 5) is 39.0. The minimum absolute atomic E-state index is 0.0307. The van der Waals surface area contributed by atoms with Gasteiger partial charge in [-0.15, -0.1) is 11.3 Å². The Balaban J connectivity index is 1.14. The highest BCUT2D eigenvalue weighted by molar-refractivity contribution is 7.20. The van der Waals surface area contributed by atoms with Crippen molar-refractivity contribution in [2.45, 2.75) is 75.9 Å². The monoisotopic (exact) mass is 791 g/mol. The van der Waals surface area contributed by atoms with Crippen molar-refractivity contribution in [1.82, 2.24) is 10.2 Å². The summed E-state index contributed by atoms with van der Waals surface area (Å²) in [6.45, 7) is 0.443. The molecule has 6 rings (SSSR count). The Morgan fingerprint density at radius 1 is 1.09 bits per heavy atom. The van der Waals surface area contributed by atoms with Crippen LogP contribution >= 0.6 is 11.3 Å². The fraction of sp³-hybridized carbons (Fsp3) is 0.500. The van der Waals surface area contributed by atoms with E-state index in [-0.39, 0.29) is 47.1 Å². The van der Waals surface area contributed by atoms with Gasteiger partial charge in [0.1, 0.15) is 11.8 Å². The van der Waals surface area contributed by atoms with Crippen LogP contribution in [0.25, 0.3) is 10.1 Å². The number of hydrogen-bond acceptors (Lipinski definition) is 10. The number of fused-ring (bicyclic) bond motifs is 1. The minimum Gasteiger partial charge on any atom is -0.467 e. The molecule has 1 saturated carbocycles. The highest BCUT2D eigenvalue weighted by atomic mass is 32.1. The Morgan fingerprint density at radius 3 is 2.47 bits per heavy atom. The number of carbonyl (C=O) groups is 3. The predicted molar refractivity (Wildman–Crippen MR) is 196 cm³/mol. The Bertz CT molecular complexity index is 1940. The molecule has 2 aliphatic heterocycles. The predicted octanol–water partition coefficient (Wildman–Crippen LogP) is 5.66. The summed E-state index contributed by atoms with van der Waals surface area (Å²) in [7, 11) is 1.09. The van der Waals surface area contributed by atoms with E-state index in [9.17, 15) is 36.3 Å². The van der Waals surface area contributed by atoms with E-state index >= 15 is 0 Å². The molecule has 1 unspecified atom stereocenters. The molecule has 1 atom stereocenters. The van der Waals surface area contributed by atoms with Crippen LogP contribution in [-0.2, 0) is 25.5 Å². The minimum atomic E-state index is -4.49. The molecular weight excluding hydrogens is 750 g/mol. The summed E-state index contributed by atoms with van der Waals surface area (Å²) in [6.07, 6.45) is -2.03. The van der Waals surface area contributed by atoms with E-state index in [1.807, 2.05) is 6.07 Å². The van der Waals surface area contributed by atoms with Crippen molar-refractivity contribution in [3.8, 4) is 17.6 Å². The molecule has 2 amide bonds. The van der Waals surface area contributed by atoms with Gasteiger partial charge in [-0.1, -0.05) is 24.0 Å². The maximum atomic E-state index is 13.8. The van der Waals surface area contributed by atoms with Crippen LogP contribution in [0.1, 0.15) is 59.3 Å². The Labute approximate surface area is 318 Å². The molecule has 17 heteroatoms. The standard InChI is InChI=1S/C38H42F5N5O6S/c1-52-35(51)29(13-14-32(44)49)47-34(50)22-7-12-27(30(16-22)54-36(39)40)45-15-3-6-31-26(17-38(41,42)43)25-4-2-5-28(33(25)55-31)46-23-8-10-24(11-9-23)48-18-37(19-48)20-53-21-37/h2,4-5,7,12,16,23-24,29,36,45-46H,8-11,13-15,17-21H2,1H3,(H2,44,49)(H,47,50). The topological polar surface area (TPSA) is 144 Å². The molecule has 0 radical (unpaired) electrons. The van der Waals surface area contributed by atoms with Gasteiger partial charge < -0.3 is 35.9 Å². The first-order valence-electron chi connectivity index (χ1n) is 17.9. The number of benzene rings is 2. The zero-order valence-electron chi connectivity index (χ0n) is 30.0. The van der Waals surface area contributed by atoms with Crippen molar-refractivity contribution in [1.29, 1.82) is 0 Å². The number of amides is 2. The Hall–Kier alpha value is -4.66. The van der Waals surface area contributed by atoms with Crippen molar-refractivity contribution in [2.75, 3.05) is 50.6 Å². The number of nitrogens with one attached hydrogen (secondary N) is 3. The third-order valence-electron chi connectivity index (χ3n) is 10.2. The second kappa shape index (κ2) is 17.0. The number of methoxy groups -OCH3 is 1. The van der Waals surface area contributed by atoms with E-state index in [0.29, 0.717) is 21.5 Å². The molecule has 296 valence electrons. The average molecular weight is 792 g/mol. The lowest BCUT2D eigenvalue weighted by molar-refractivity contribution is -0.200. The molecule has 3 heterocycles. The fourth-order valence-corrected chi connectivity index (χ4v) is 8.57. The summed E-state index contributed by atoms with van der Waals surface area (Å²) >= 11 is 1.17. The van der Waals surface area contributed by atoms with Gasteiger partial charge in [0.2, 0.25) is 5.91 Å².